The van der Waals surface area contributed by atoms with Gasteiger partial charge in [-0.2, -0.15) is 9.61 Å². The summed E-state index contributed by atoms with van der Waals surface area (Å²) in [7, 11) is 1.52. The molecule has 0 saturated carbocycles. The number of nitrogens with zero attached hydrogens (tertiary/aromatic N) is 3. The molecule has 10 heteroatoms. The highest BCUT2D eigenvalue weighted by atomic mass is 32.1. The highest BCUT2D eigenvalue weighted by Gasteiger charge is 2.17. The summed E-state index contributed by atoms with van der Waals surface area (Å²) in [6.07, 6.45) is 1.67. The molecule has 0 spiro atoms. The summed E-state index contributed by atoms with van der Waals surface area (Å²) in [6.45, 7) is 1.84. The van der Waals surface area contributed by atoms with Crippen LogP contribution < -0.4 is 15.6 Å². The number of rotatable bonds is 8. The van der Waals surface area contributed by atoms with Gasteiger partial charge in [0.15, 0.2) is 0 Å². The summed E-state index contributed by atoms with van der Waals surface area (Å²) >= 11 is 1.33. The van der Waals surface area contributed by atoms with Crippen LogP contribution in [0.5, 0.6) is 5.75 Å². The fourth-order valence-corrected chi connectivity index (χ4v) is 4.25. The van der Waals surface area contributed by atoms with Crippen molar-refractivity contribution < 1.29 is 19.1 Å². The van der Waals surface area contributed by atoms with Crippen molar-refractivity contribution in [2.24, 2.45) is 0 Å². The molecule has 4 rings (SSSR count). The number of para-hydroxylation sites is 1. The number of methoxy groups -OCH3 is 1. The van der Waals surface area contributed by atoms with E-state index in [0.29, 0.717) is 27.7 Å². The third-order valence-corrected chi connectivity index (χ3v) is 5.85. The van der Waals surface area contributed by atoms with Gasteiger partial charge in [-0.1, -0.05) is 36.5 Å². The Labute approximate surface area is 199 Å². The highest BCUT2D eigenvalue weighted by molar-refractivity contribution is 7.16. The van der Waals surface area contributed by atoms with Gasteiger partial charge in [-0.15, -0.1) is 0 Å². The van der Waals surface area contributed by atoms with Gasteiger partial charge in [-0.25, -0.2) is 9.78 Å². The van der Waals surface area contributed by atoms with E-state index in [-0.39, 0.29) is 17.7 Å². The number of amides is 1. The van der Waals surface area contributed by atoms with Gasteiger partial charge in [-0.05, 0) is 36.8 Å². The van der Waals surface area contributed by atoms with Crippen molar-refractivity contribution in [3.63, 3.8) is 0 Å². The molecule has 0 aliphatic carbocycles. The van der Waals surface area contributed by atoms with Gasteiger partial charge in [0.05, 0.1) is 24.1 Å². The zero-order valence-electron chi connectivity index (χ0n) is 18.6. The van der Waals surface area contributed by atoms with Crippen LogP contribution in [0.4, 0.5) is 5.69 Å². The third-order valence-electron chi connectivity index (χ3n) is 4.88. The second kappa shape index (κ2) is 10.3. The number of hydrogen-bond donors (Lipinski definition) is 1. The first-order valence-electron chi connectivity index (χ1n) is 10.6. The lowest BCUT2D eigenvalue weighted by molar-refractivity contribution is 0.0469. The number of anilines is 1. The Morgan fingerprint density at radius 2 is 1.94 bits per heavy atom. The van der Waals surface area contributed by atoms with Crippen LogP contribution >= 0.6 is 11.3 Å². The first-order valence-corrected chi connectivity index (χ1v) is 11.4. The molecule has 0 aliphatic heterocycles. The van der Waals surface area contributed by atoms with Crippen LogP contribution in [-0.2, 0) is 17.8 Å². The lowest BCUT2D eigenvalue weighted by Gasteiger charge is -2.11. The van der Waals surface area contributed by atoms with E-state index >= 15 is 0 Å². The molecule has 2 aromatic carbocycles. The van der Waals surface area contributed by atoms with Crippen LogP contribution in [0.25, 0.3) is 4.96 Å². The number of esters is 1. The number of aryl methyl sites for hydroxylation is 1. The quantitative estimate of drug-likeness (QED) is 0.384. The molecule has 0 aliphatic rings. The molecular weight excluding hydrogens is 456 g/mol. The van der Waals surface area contributed by atoms with Crippen LogP contribution in [0.3, 0.4) is 0 Å². The molecule has 174 valence electrons. The molecule has 4 aromatic rings. The number of hydrogen-bond acceptors (Lipinski definition) is 8. The molecule has 0 saturated heterocycles. The van der Waals surface area contributed by atoms with E-state index in [1.165, 1.54) is 29.0 Å². The predicted molar refractivity (Wildman–Crippen MR) is 128 cm³/mol. The lowest BCUT2D eigenvalue weighted by Crippen LogP contribution is -2.18. The molecule has 1 N–H and O–H groups in total. The average molecular weight is 479 g/mol. The zero-order valence-corrected chi connectivity index (χ0v) is 19.4. The van der Waals surface area contributed by atoms with Crippen LogP contribution in [0.2, 0.25) is 0 Å². The minimum atomic E-state index is -0.653. The topological polar surface area (TPSA) is 112 Å². The van der Waals surface area contributed by atoms with Gasteiger partial charge in [-0.3, -0.25) is 9.59 Å². The number of ether oxygens (including phenoxy) is 2. The summed E-state index contributed by atoms with van der Waals surface area (Å²) in [5.41, 5.74) is 0.853. The van der Waals surface area contributed by atoms with Crippen LogP contribution in [0, 0.1) is 0 Å². The maximum Gasteiger partial charge on any atom is 0.340 e. The normalized spacial score (nSPS) is 10.8. The number of aromatic nitrogens is 3. The molecule has 34 heavy (non-hydrogen) atoms. The Bertz CT molecular complexity index is 1410. The van der Waals surface area contributed by atoms with Crippen molar-refractivity contribution in [2.75, 3.05) is 12.4 Å². The Kier molecular flexibility index (Phi) is 6.98. The number of benzene rings is 2. The summed E-state index contributed by atoms with van der Waals surface area (Å²) < 4.78 is 11.8. The van der Waals surface area contributed by atoms with Gasteiger partial charge < -0.3 is 14.8 Å². The number of carbonyl (C=O) groups is 2. The molecule has 1 amide bonds. The largest absolute Gasteiger partial charge is 0.497 e. The SMILES string of the molecule is CCCc1nn2c(=O)cc(COC(=O)c3ccccc3NC(=O)c3cccc(OC)c3)nc2s1. The fourth-order valence-electron chi connectivity index (χ4n) is 3.23. The van der Waals surface area contributed by atoms with Crippen LogP contribution in [-0.4, -0.2) is 33.6 Å². The second-order valence-corrected chi connectivity index (χ2v) is 8.37. The third kappa shape index (κ3) is 5.12. The first kappa shape index (κ1) is 23.1. The number of nitrogens with one attached hydrogen (secondary N) is 1. The minimum Gasteiger partial charge on any atom is -0.497 e. The summed E-state index contributed by atoms with van der Waals surface area (Å²) in [6, 6.07) is 14.5. The highest BCUT2D eigenvalue weighted by Crippen LogP contribution is 2.20. The molecule has 0 unspecified atom stereocenters. The number of carbonyl (C=O) groups excluding carboxylic acids is 2. The van der Waals surface area contributed by atoms with Gasteiger partial charge >= 0.3 is 5.97 Å². The van der Waals surface area contributed by atoms with Crippen LogP contribution in [0.1, 0.15) is 44.8 Å². The Morgan fingerprint density at radius 1 is 1.12 bits per heavy atom. The minimum absolute atomic E-state index is 0.180. The zero-order chi connectivity index (χ0) is 24.1. The second-order valence-electron chi connectivity index (χ2n) is 7.33. The maximum absolute atomic E-state index is 12.8. The molecule has 0 bridgehead atoms. The van der Waals surface area contributed by atoms with E-state index in [1.807, 2.05) is 6.92 Å². The van der Waals surface area contributed by atoms with Gasteiger partial charge in [0.25, 0.3) is 11.5 Å². The van der Waals surface area contributed by atoms with Crippen molar-refractivity contribution in [1.82, 2.24) is 14.6 Å². The van der Waals surface area contributed by atoms with E-state index in [2.05, 4.69) is 15.4 Å². The monoisotopic (exact) mass is 478 g/mol. The fraction of sp³-hybridized carbons (Fsp3) is 0.208. The van der Waals surface area contributed by atoms with Crippen molar-refractivity contribution in [1.29, 1.82) is 0 Å². The van der Waals surface area contributed by atoms with Gasteiger partial charge in [0, 0.05) is 18.1 Å². The van der Waals surface area contributed by atoms with E-state index in [1.54, 1.807) is 48.5 Å². The van der Waals surface area contributed by atoms with E-state index in [0.717, 1.165) is 17.8 Å². The average Bonchev–Trinajstić information content (AvgIpc) is 3.26. The standard InChI is InChI=1S/C24H22N4O5S/c1-3-7-20-27-28-21(29)13-16(25-24(28)34-20)14-33-23(31)18-10-4-5-11-19(18)26-22(30)15-8-6-9-17(12-15)32-2/h4-6,8-13H,3,7,14H2,1-2H3,(H,26,30). The van der Waals surface area contributed by atoms with Crippen LogP contribution in [0.15, 0.2) is 59.4 Å². The molecular formula is C24H22N4O5S. The molecule has 2 heterocycles. The van der Waals surface area contributed by atoms with E-state index in [9.17, 15) is 14.4 Å². The summed E-state index contributed by atoms with van der Waals surface area (Å²) in [5.74, 6) is -0.504. The van der Waals surface area contributed by atoms with Gasteiger partial charge in [0.1, 0.15) is 17.4 Å². The Morgan fingerprint density at radius 3 is 2.74 bits per heavy atom. The van der Waals surface area contributed by atoms with Crippen molar-refractivity contribution in [3.8, 4) is 5.75 Å². The van der Waals surface area contributed by atoms with E-state index < -0.39 is 11.9 Å². The van der Waals surface area contributed by atoms with Crippen molar-refractivity contribution >= 4 is 33.9 Å². The Balaban J connectivity index is 1.49. The summed E-state index contributed by atoms with van der Waals surface area (Å²) in [4.78, 5) is 42.7. The predicted octanol–water partition coefficient (Wildman–Crippen LogP) is 3.72. The molecule has 0 fully saturated rings. The van der Waals surface area contributed by atoms with Gasteiger partial charge in [0.2, 0.25) is 4.96 Å². The first-order chi connectivity index (χ1) is 16.5. The molecule has 0 atom stereocenters. The molecule has 0 radical (unpaired) electrons. The smallest absolute Gasteiger partial charge is 0.340 e. The molecule has 2 aromatic heterocycles. The maximum atomic E-state index is 12.8. The Hall–Kier alpha value is -4.05. The van der Waals surface area contributed by atoms with E-state index in [4.69, 9.17) is 9.47 Å². The number of fused-ring (bicyclic) bond motifs is 1. The van der Waals surface area contributed by atoms with Crippen molar-refractivity contribution in [2.45, 2.75) is 26.4 Å². The lowest BCUT2D eigenvalue weighted by atomic mass is 10.1. The van der Waals surface area contributed by atoms with Crippen molar-refractivity contribution in [3.05, 3.63) is 86.8 Å². The summed E-state index contributed by atoms with van der Waals surface area (Å²) in [5, 5.41) is 7.82. The molecule has 9 nitrogen and oxygen atoms in total.